The summed E-state index contributed by atoms with van der Waals surface area (Å²) in [5, 5.41) is 28.0. The van der Waals surface area contributed by atoms with Crippen molar-refractivity contribution in [3.63, 3.8) is 0 Å². The van der Waals surface area contributed by atoms with Gasteiger partial charge < -0.3 is 26.8 Å². The van der Waals surface area contributed by atoms with Crippen LogP contribution in [0.3, 0.4) is 0 Å². The highest BCUT2D eigenvalue weighted by Gasteiger charge is 2.19. The molecule has 0 saturated carbocycles. The second kappa shape index (κ2) is 3.53. The molecule has 0 unspecified atom stereocenters. The Morgan fingerprint density at radius 1 is 0.929 bits per heavy atom. The molecular formula is C9H14N2O3. The number of nitrogens with two attached hydrogens (primary N) is 2. The third kappa shape index (κ3) is 1.37. The lowest BCUT2D eigenvalue weighted by atomic mass is 10.0. The SMILES string of the molecule is CCCc1c(N)c(N)c(O)c(O)c1O. The third-order valence-corrected chi connectivity index (χ3v) is 2.10. The molecule has 5 nitrogen and oxygen atoms in total. The van der Waals surface area contributed by atoms with Gasteiger partial charge in [-0.2, -0.15) is 0 Å². The van der Waals surface area contributed by atoms with Crippen molar-refractivity contribution in [1.29, 1.82) is 0 Å². The number of phenolic OH excluding ortho intramolecular Hbond substituents is 3. The Labute approximate surface area is 81.6 Å². The maximum atomic E-state index is 9.47. The van der Waals surface area contributed by atoms with Crippen LogP contribution < -0.4 is 11.5 Å². The zero-order valence-corrected chi connectivity index (χ0v) is 7.91. The number of benzene rings is 1. The Morgan fingerprint density at radius 2 is 1.50 bits per heavy atom. The molecule has 0 heterocycles. The Bertz CT molecular complexity index is 335. The number of phenols is 3. The summed E-state index contributed by atoms with van der Waals surface area (Å²) in [6.45, 7) is 1.90. The summed E-state index contributed by atoms with van der Waals surface area (Å²) >= 11 is 0. The van der Waals surface area contributed by atoms with Crippen molar-refractivity contribution < 1.29 is 15.3 Å². The first-order valence-electron chi connectivity index (χ1n) is 4.31. The molecule has 0 aliphatic heterocycles. The predicted octanol–water partition coefficient (Wildman–Crippen LogP) is 0.920. The summed E-state index contributed by atoms with van der Waals surface area (Å²) in [6.07, 6.45) is 1.25. The topological polar surface area (TPSA) is 113 Å². The largest absolute Gasteiger partial charge is 0.504 e. The molecule has 0 aliphatic carbocycles. The maximum Gasteiger partial charge on any atom is 0.202 e. The lowest BCUT2D eigenvalue weighted by molar-refractivity contribution is 0.366. The minimum atomic E-state index is -0.611. The predicted molar refractivity (Wildman–Crippen MR) is 54.3 cm³/mol. The monoisotopic (exact) mass is 198 g/mol. The van der Waals surface area contributed by atoms with E-state index in [1.54, 1.807) is 0 Å². The zero-order chi connectivity index (χ0) is 10.9. The number of aromatic hydroxyl groups is 3. The average Bonchev–Trinajstić information content (AvgIpc) is 2.19. The first-order chi connectivity index (χ1) is 6.50. The van der Waals surface area contributed by atoms with E-state index in [9.17, 15) is 15.3 Å². The molecule has 1 rings (SSSR count). The molecule has 0 aliphatic rings. The molecule has 1 aromatic rings. The van der Waals surface area contributed by atoms with Crippen LogP contribution in [0.1, 0.15) is 18.9 Å². The first-order valence-corrected chi connectivity index (χ1v) is 4.31. The van der Waals surface area contributed by atoms with Crippen LogP contribution in [0.15, 0.2) is 0 Å². The Hall–Kier alpha value is -1.78. The van der Waals surface area contributed by atoms with Crippen molar-refractivity contribution in [3.8, 4) is 17.2 Å². The van der Waals surface area contributed by atoms with Gasteiger partial charge >= 0.3 is 0 Å². The van der Waals surface area contributed by atoms with Crippen molar-refractivity contribution in [1.82, 2.24) is 0 Å². The highest BCUT2D eigenvalue weighted by atomic mass is 16.3. The summed E-state index contributed by atoms with van der Waals surface area (Å²) in [5.41, 5.74) is 11.4. The van der Waals surface area contributed by atoms with Gasteiger partial charge in [-0.1, -0.05) is 13.3 Å². The zero-order valence-electron chi connectivity index (χ0n) is 7.91. The molecule has 0 spiro atoms. The molecule has 0 amide bonds. The van der Waals surface area contributed by atoms with E-state index in [0.717, 1.165) is 6.42 Å². The van der Waals surface area contributed by atoms with Crippen LogP contribution in [0.2, 0.25) is 0 Å². The van der Waals surface area contributed by atoms with Crippen LogP contribution in [0.25, 0.3) is 0 Å². The van der Waals surface area contributed by atoms with E-state index in [0.29, 0.717) is 12.0 Å². The van der Waals surface area contributed by atoms with Gasteiger partial charge in [-0.3, -0.25) is 0 Å². The lowest BCUT2D eigenvalue weighted by Gasteiger charge is -2.13. The van der Waals surface area contributed by atoms with E-state index < -0.39 is 17.2 Å². The van der Waals surface area contributed by atoms with Crippen molar-refractivity contribution in [2.45, 2.75) is 19.8 Å². The molecule has 14 heavy (non-hydrogen) atoms. The standard InChI is InChI=1S/C9H14N2O3/c1-2-3-4-5(10)6(11)8(13)9(14)7(4)12/h12-14H,2-3,10-11H2,1H3. The number of nitrogen functional groups attached to an aromatic ring is 2. The first kappa shape index (κ1) is 10.3. The van der Waals surface area contributed by atoms with Crippen LogP contribution in [0, 0.1) is 0 Å². The Balaban J connectivity index is 3.43. The summed E-state index contributed by atoms with van der Waals surface area (Å²) in [4.78, 5) is 0. The van der Waals surface area contributed by atoms with Gasteiger partial charge in [0, 0.05) is 5.56 Å². The van der Waals surface area contributed by atoms with E-state index in [1.165, 1.54) is 0 Å². The normalized spacial score (nSPS) is 10.4. The lowest BCUT2D eigenvalue weighted by Crippen LogP contribution is -2.01. The summed E-state index contributed by atoms with van der Waals surface area (Å²) in [7, 11) is 0. The van der Waals surface area contributed by atoms with Gasteiger partial charge in [0.1, 0.15) is 5.69 Å². The smallest absolute Gasteiger partial charge is 0.202 e. The second-order valence-corrected chi connectivity index (χ2v) is 3.10. The molecule has 0 saturated heterocycles. The van der Waals surface area contributed by atoms with Gasteiger partial charge in [0.25, 0.3) is 0 Å². The minimum Gasteiger partial charge on any atom is -0.504 e. The van der Waals surface area contributed by atoms with Gasteiger partial charge in [0.2, 0.25) is 5.75 Å². The highest BCUT2D eigenvalue weighted by Crippen LogP contribution is 2.46. The van der Waals surface area contributed by atoms with Crippen molar-refractivity contribution >= 4 is 11.4 Å². The Morgan fingerprint density at radius 3 is 2.00 bits per heavy atom. The van der Waals surface area contributed by atoms with Crippen LogP contribution >= 0.6 is 0 Å². The summed E-state index contributed by atoms with van der Waals surface area (Å²) in [5.74, 6) is -1.57. The van der Waals surface area contributed by atoms with E-state index in [1.807, 2.05) is 6.92 Å². The fourth-order valence-electron chi connectivity index (χ4n) is 1.30. The summed E-state index contributed by atoms with van der Waals surface area (Å²) in [6, 6.07) is 0. The Kier molecular flexibility index (Phi) is 2.60. The van der Waals surface area contributed by atoms with Crippen LogP contribution in [-0.4, -0.2) is 15.3 Å². The van der Waals surface area contributed by atoms with E-state index in [2.05, 4.69) is 0 Å². The molecule has 5 heteroatoms. The second-order valence-electron chi connectivity index (χ2n) is 3.10. The van der Waals surface area contributed by atoms with Gasteiger partial charge in [0.05, 0.1) is 5.69 Å². The minimum absolute atomic E-state index is 0.0937. The summed E-state index contributed by atoms with van der Waals surface area (Å²) < 4.78 is 0. The number of hydrogen-bond acceptors (Lipinski definition) is 5. The molecule has 1 aromatic carbocycles. The fourth-order valence-corrected chi connectivity index (χ4v) is 1.30. The number of rotatable bonds is 2. The van der Waals surface area contributed by atoms with Crippen molar-refractivity contribution in [3.05, 3.63) is 5.56 Å². The van der Waals surface area contributed by atoms with Crippen LogP contribution in [0.4, 0.5) is 11.4 Å². The molecule has 0 aromatic heterocycles. The molecule has 0 radical (unpaired) electrons. The molecular weight excluding hydrogens is 184 g/mol. The maximum absolute atomic E-state index is 9.47. The molecule has 0 fully saturated rings. The van der Waals surface area contributed by atoms with Crippen LogP contribution in [-0.2, 0) is 6.42 Å². The number of hydrogen-bond donors (Lipinski definition) is 5. The molecule has 0 bridgehead atoms. The van der Waals surface area contributed by atoms with E-state index >= 15 is 0 Å². The van der Waals surface area contributed by atoms with Gasteiger partial charge in [0.15, 0.2) is 11.5 Å². The van der Waals surface area contributed by atoms with Crippen molar-refractivity contribution in [2.24, 2.45) is 0 Å². The van der Waals surface area contributed by atoms with Gasteiger partial charge in [-0.25, -0.2) is 0 Å². The fraction of sp³-hybridized carbons (Fsp3) is 0.333. The molecule has 78 valence electrons. The van der Waals surface area contributed by atoms with E-state index in [-0.39, 0.29) is 11.4 Å². The molecule has 7 N–H and O–H groups in total. The van der Waals surface area contributed by atoms with E-state index in [4.69, 9.17) is 11.5 Å². The average molecular weight is 198 g/mol. The van der Waals surface area contributed by atoms with Crippen molar-refractivity contribution in [2.75, 3.05) is 11.5 Å². The number of anilines is 2. The highest BCUT2D eigenvalue weighted by molar-refractivity contribution is 5.81. The third-order valence-electron chi connectivity index (χ3n) is 2.10. The quantitative estimate of drug-likeness (QED) is 0.275. The molecule has 0 atom stereocenters. The van der Waals surface area contributed by atoms with Gasteiger partial charge in [-0.05, 0) is 6.42 Å². The van der Waals surface area contributed by atoms with Gasteiger partial charge in [-0.15, -0.1) is 0 Å². The van der Waals surface area contributed by atoms with Crippen LogP contribution in [0.5, 0.6) is 17.2 Å².